The largest absolute Gasteiger partial charge is 0.396 e. The maximum Gasteiger partial charge on any atom is 0.269 e. The molecular formula is C14H18N2O4. The predicted molar refractivity (Wildman–Crippen MR) is 73.6 cm³/mol. The van der Waals surface area contributed by atoms with E-state index in [1.54, 1.807) is 12.1 Å². The van der Waals surface area contributed by atoms with Crippen LogP contribution in [0, 0.1) is 16.0 Å². The van der Waals surface area contributed by atoms with Crippen LogP contribution in [-0.4, -0.2) is 29.3 Å². The van der Waals surface area contributed by atoms with Gasteiger partial charge in [0.2, 0.25) is 0 Å². The highest BCUT2D eigenvalue weighted by molar-refractivity contribution is 5.60. The first-order valence-electron chi connectivity index (χ1n) is 6.98. The van der Waals surface area contributed by atoms with Gasteiger partial charge in [0.25, 0.3) is 5.69 Å². The SMILES string of the molecule is O=[N+]([O-])c1ccc2c(c1)[C@H]1OCC[C@H]1[C@@H](CCCO)N2. The van der Waals surface area contributed by atoms with Crippen molar-refractivity contribution >= 4 is 11.4 Å². The lowest BCUT2D eigenvalue weighted by molar-refractivity contribution is -0.385. The van der Waals surface area contributed by atoms with Crippen molar-refractivity contribution in [1.82, 2.24) is 0 Å². The maximum absolute atomic E-state index is 10.9. The Kier molecular flexibility index (Phi) is 3.58. The van der Waals surface area contributed by atoms with Crippen LogP contribution < -0.4 is 5.32 Å². The number of hydrogen-bond acceptors (Lipinski definition) is 5. The number of nitrogens with one attached hydrogen (secondary N) is 1. The Hall–Kier alpha value is -1.66. The van der Waals surface area contributed by atoms with Crippen LogP contribution in [0.15, 0.2) is 18.2 Å². The summed E-state index contributed by atoms with van der Waals surface area (Å²) in [5, 5.41) is 23.4. The summed E-state index contributed by atoms with van der Waals surface area (Å²) in [6.07, 6.45) is 2.53. The van der Waals surface area contributed by atoms with Crippen LogP contribution in [0.3, 0.4) is 0 Å². The molecule has 6 nitrogen and oxygen atoms in total. The minimum absolute atomic E-state index is 0.0603. The molecule has 0 spiro atoms. The first kappa shape index (κ1) is 13.3. The summed E-state index contributed by atoms with van der Waals surface area (Å²) >= 11 is 0. The van der Waals surface area contributed by atoms with E-state index >= 15 is 0 Å². The lowest BCUT2D eigenvalue weighted by atomic mass is 9.82. The summed E-state index contributed by atoms with van der Waals surface area (Å²) in [6, 6.07) is 5.17. The highest BCUT2D eigenvalue weighted by atomic mass is 16.6. The van der Waals surface area contributed by atoms with E-state index in [9.17, 15) is 10.1 Å². The van der Waals surface area contributed by atoms with Crippen LogP contribution in [0.5, 0.6) is 0 Å². The van der Waals surface area contributed by atoms with Crippen LogP contribution in [0.2, 0.25) is 0 Å². The highest BCUT2D eigenvalue weighted by Gasteiger charge is 2.40. The molecule has 0 radical (unpaired) electrons. The lowest BCUT2D eigenvalue weighted by Gasteiger charge is -2.36. The number of ether oxygens (including phenoxy) is 1. The van der Waals surface area contributed by atoms with Crippen LogP contribution in [-0.2, 0) is 4.74 Å². The second kappa shape index (κ2) is 5.38. The van der Waals surface area contributed by atoms with Gasteiger partial charge in [0, 0.05) is 48.6 Å². The molecule has 1 fully saturated rings. The van der Waals surface area contributed by atoms with Crippen LogP contribution >= 0.6 is 0 Å². The summed E-state index contributed by atoms with van der Waals surface area (Å²) in [4.78, 5) is 10.5. The Bertz CT molecular complexity index is 520. The topological polar surface area (TPSA) is 84.6 Å². The zero-order valence-electron chi connectivity index (χ0n) is 11.1. The van der Waals surface area contributed by atoms with Gasteiger partial charge in [-0.25, -0.2) is 0 Å². The number of fused-ring (bicyclic) bond motifs is 3. The first-order valence-corrected chi connectivity index (χ1v) is 6.98. The number of aliphatic hydroxyl groups is 1. The molecule has 1 saturated heterocycles. The molecule has 6 heteroatoms. The summed E-state index contributed by atoms with van der Waals surface area (Å²) in [7, 11) is 0. The Morgan fingerprint density at radius 1 is 1.50 bits per heavy atom. The van der Waals surface area contributed by atoms with E-state index in [4.69, 9.17) is 9.84 Å². The zero-order valence-corrected chi connectivity index (χ0v) is 11.1. The number of hydrogen-bond donors (Lipinski definition) is 2. The van der Waals surface area contributed by atoms with Crippen LogP contribution in [0.25, 0.3) is 0 Å². The van der Waals surface area contributed by atoms with Gasteiger partial charge >= 0.3 is 0 Å². The minimum atomic E-state index is -0.373. The number of aliphatic hydroxyl groups excluding tert-OH is 1. The Balaban J connectivity index is 1.92. The van der Waals surface area contributed by atoms with Crippen molar-refractivity contribution in [3.05, 3.63) is 33.9 Å². The summed E-state index contributed by atoms with van der Waals surface area (Å²) < 4.78 is 5.80. The molecule has 20 heavy (non-hydrogen) atoms. The van der Waals surface area contributed by atoms with Gasteiger partial charge in [-0.1, -0.05) is 0 Å². The van der Waals surface area contributed by atoms with E-state index in [1.165, 1.54) is 6.07 Å². The second-order valence-electron chi connectivity index (χ2n) is 5.39. The summed E-state index contributed by atoms with van der Waals surface area (Å²) in [5.74, 6) is 0.330. The van der Waals surface area contributed by atoms with Gasteiger partial charge in [-0.3, -0.25) is 10.1 Å². The molecule has 0 saturated carbocycles. The standard InChI is InChI=1S/C14H18N2O4/c17-6-1-2-12-10-5-7-20-14(10)11-8-9(16(18)19)3-4-13(11)15-12/h3-4,8,10,12,14-15,17H,1-2,5-7H2/t10-,12+,14-/m0/s1. The minimum Gasteiger partial charge on any atom is -0.396 e. The third-order valence-corrected chi connectivity index (χ3v) is 4.22. The van der Waals surface area contributed by atoms with E-state index < -0.39 is 0 Å². The van der Waals surface area contributed by atoms with Crippen LogP contribution in [0.1, 0.15) is 30.9 Å². The maximum atomic E-state index is 10.9. The van der Waals surface area contributed by atoms with Crippen molar-refractivity contribution < 1.29 is 14.8 Å². The van der Waals surface area contributed by atoms with Gasteiger partial charge in [0.1, 0.15) is 0 Å². The third kappa shape index (κ3) is 2.25. The average molecular weight is 278 g/mol. The smallest absolute Gasteiger partial charge is 0.269 e. The van der Waals surface area contributed by atoms with E-state index in [2.05, 4.69) is 5.32 Å². The van der Waals surface area contributed by atoms with Gasteiger partial charge in [0.05, 0.1) is 11.0 Å². The van der Waals surface area contributed by atoms with Gasteiger partial charge < -0.3 is 15.2 Å². The van der Waals surface area contributed by atoms with Crippen molar-refractivity contribution in [1.29, 1.82) is 0 Å². The number of nitro benzene ring substituents is 1. The lowest BCUT2D eigenvalue weighted by Crippen LogP contribution is -2.36. The molecule has 1 aromatic carbocycles. The normalized spacial score (nSPS) is 27.6. The van der Waals surface area contributed by atoms with Crippen molar-refractivity contribution in [2.24, 2.45) is 5.92 Å². The average Bonchev–Trinajstić information content (AvgIpc) is 2.94. The Morgan fingerprint density at radius 2 is 2.35 bits per heavy atom. The molecule has 0 aromatic heterocycles. The molecule has 1 aromatic rings. The Labute approximate surface area is 116 Å². The Morgan fingerprint density at radius 3 is 3.10 bits per heavy atom. The fourth-order valence-corrected chi connectivity index (χ4v) is 3.27. The highest BCUT2D eigenvalue weighted by Crippen LogP contribution is 2.46. The molecule has 0 aliphatic carbocycles. The number of benzene rings is 1. The van der Waals surface area contributed by atoms with E-state index in [-0.39, 0.29) is 29.4 Å². The first-order chi connectivity index (χ1) is 9.70. The monoisotopic (exact) mass is 278 g/mol. The molecule has 108 valence electrons. The number of nitro groups is 1. The fraction of sp³-hybridized carbons (Fsp3) is 0.571. The van der Waals surface area contributed by atoms with Crippen molar-refractivity contribution in [3.63, 3.8) is 0 Å². The molecule has 2 N–H and O–H groups in total. The van der Waals surface area contributed by atoms with Crippen molar-refractivity contribution in [3.8, 4) is 0 Å². The van der Waals surface area contributed by atoms with Crippen molar-refractivity contribution in [2.75, 3.05) is 18.5 Å². The van der Waals surface area contributed by atoms with Gasteiger partial charge in [-0.05, 0) is 25.3 Å². The van der Waals surface area contributed by atoms with E-state index in [0.29, 0.717) is 12.5 Å². The second-order valence-corrected chi connectivity index (χ2v) is 5.39. The number of anilines is 1. The fourth-order valence-electron chi connectivity index (χ4n) is 3.27. The van der Waals surface area contributed by atoms with E-state index in [1.807, 2.05) is 0 Å². The summed E-state index contributed by atoms with van der Waals surface area (Å²) in [5.41, 5.74) is 1.91. The van der Waals surface area contributed by atoms with Gasteiger partial charge in [0.15, 0.2) is 0 Å². The molecule has 0 amide bonds. The quantitative estimate of drug-likeness (QED) is 0.651. The van der Waals surface area contributed by atoms with Gasteiger partial charge in [-0.2, -0.15) is 0 Å². The van der Waals surface area contributed by atoms with Crippen molar-refractivity contribution in [2.45, 2.75) is 31.4 Å². The number of non-ortho nitro benzene ring substituents is 1. The number of nitrogens with zero attached hydrogens (tertiary/aromatic N) is 1. The molecule has 0 bridgehead atoms. The van der Waals surface area contributed by atoms with Crippen LogP contribution in [0.4, 0.5) is 11.4 Å². The summed E-state index contributed by atoms with van der Waals surface area (Å²) in [6.45, 7) is 0.873. The van der Waals surface area contributed by atoms with Gasteiger partial charge in [-0.15, -0.1) is 0 Å². The molecule has 2 aliphatic heterocycles. The van der Waals surface area contributed by atoms with E-state index in [0.717, 1.165) is 30.5 Å². The molecular weight excluding hydrogens is 260 g/mol. The molecule has 2 aliphatic rings. The molecule has 3 rings (SSSR count). The molecule has 3 atom stereocenters. The number of rotatable bonds is 4. The molecule has 2 heterocycles. The zero-order chi connectivity index (χ0) is 14.1. The molecule has 0 unspecified atom stereocenters. The third-order valence-electron chi connectivity index (χ3n) is 4.22. The predicted octanol–water partition coefficient (Wildman–Crippen LogP) is 2.24.